The molecule has 0 aliphatic rings. The summed E-state index contributed by atoms with van der Waals surface area (Å²) in [7, 11) is 1.20. The van der Waals surface area contributed by atoms with Crippen molar-refractivity contribution in [1.82, 2.24) is 0 Å². The van der Waals surface area contributed by atoms with Crippen molar-refractivity contribution < 1.29 is 23.0 Å². The largest absolute Gasteiger partial charge is 0.488 e. The van der Waals surface area contributed by atoms with Crippen LogP contribution in [0.3, 0.4) is 0 Å². The number of benzene rings is 2. The molecule has 0 unspecified atom stereocenters. The fraction of sp³-hybridized carbons (Fsp3) is 0.278. The Balaban J connectivity index is 2.29. The van der Waals surface area contributed by atoms with Crippen molar-refractivity contribution in [3.63, 3.8) is 0 Å². The molecule has 7 heteroatoms. The van der Waals surface area contributed by atoms with Gasteiger partial charge in [-0.2, -0.15) is 0 Å². The molecule has 1 amide bonds. The van der Waals surface area contributed by atoms with Crippen LogP contribution in [0.1, 0.15) is 30.0 Å². The summed E-state index contributed by atoms with van der Waals surface area (Å²) < 4.78 is 37.6. The quantitative estimate of drug-likeness (QED) is 0.659. The maximum atomic E-state index is 13.3. The summed E-state index contributed by atoms with van der Waals surface area (Å²) in [6, 6.07) is 9.88. The van der Waals surface area contributed by atoms with Crippen LogP contribution in [0.4, 0.5) is 19.3 Å². The van der Waals surface area contributed by atoms with E-state index < -0.39 is 12.5 Å². The molecule has 0 heterocycles. The first-order valence-electron chi connectivity index (χ1n) is 7.62. The number of carbonyl (C=O) groups excluding carboxylic acids is 1. The van der Waals surface area contributed by atoms with Crippen molar-refractivity contribution in [2.24, 2.45) is 0 Å². The Bertz CT molecular complexity index is 753. The van der Waals surface area contributed by atoms with Gasteiger partial charge in [0.1, 0.15) is 12.4 Å². The van der Waals surface area contributed by atoms with Gasteiger partial charge >= 0.3 is 6.09 Å². The summed E-state index contributed by atoms with van der Waals surface area (Å²) >= 11 is 3.42. The lowest BCUT2D eigenvalue weighted by atomic mass is 10.1. The third-order valence-corrected chi connectivity index (χ3v) is 4.27. The minimum absolute atomic E-state index is 0.121. The van der Waals surface area contributed by atoms with Crippen LogP contribution in [0.15, 0.2) is 40.9 Å². The molecule has 0 saturated carbocycles. The normalized spacial score (nSPS) is 10.6. The molecule has 134 valence electrons. The highest BCUT2D eigenvalue weighted by molar-refractivity contribution is 9.10. The molecular weight excluding hydrogens is 396 g/mol. The highest BCUT2D eigenvalue weighted by Gasteiger charge is 2.18. The fourth-order valence-electron chi connectivity index (χ4n) is 2.28. The monoisotopic (exact) mass is 413 g/mol. The molecule has 25 heavy (non-hydrogen) atoms. The number of carbonyl (C=O) groups is 1. The molecule has 0 saturated heterocycles. The summed E-state index contributed by atoms with van der Waals surface area (Å²) in [5.41, 5.74) is 1.36. The van der Waals surface area contributed by atoms with E-state index in [2.05, 4.69) is 26.0 Å². The second-order valence-electron chi connectivity index (χ2n) is 5.20. The van der Waals surface area contributed by atoms with Gasteiger partial charge in [-0.1, -0.05) is 25.1 Å². The first-order chi connectivity index (χ1) is 12.0. The Hall–Kier alpha value is -2.15. The molecule has 2 aromatic carbocycles. The van der Waals surface area contributed by atoms with Crippen molar-refractivity contribution in [2.45, 2.75) is 26.4 Å². The molecule has 4 nitrogen and oxygen atoms in total. The lowest BCUT2D eigenvalue weighted by molar-refractivity contribution is 0.148. The van der Waals surface area contributed by atoms with E-state index >= 15 is 0 Å². The molecule has 0 bridgehead atoms. The topological polar surface area (TPSA) is 47.6 Å². The minimum atomic E-state index is -2.69. The second kappa shape index (κ2) is 8.80. The number of rotatable bonds is 6. The summed E-state index contributed by atoms with van der Waals surface area (Å²) in [6.07, 6.45) is -2.55. The number of hydrogen-bond donors (Lipinski definition) is 1. The van der Waals surface area contributed by atoms with E-state index in [1.807, 2.05) is 19.1 Å². The van der Waals surface area contributed by atoms with E-state index in [1.165, 1.54) is 25.3 Å². The maximum absolute atomic E-state index is 13.3. The van der Waals surface area contributed by atoms with Crippen LogP contribution in [0.2, 0.25) is 0 Å². The SMILES string of the molecule is CCc1ccc(OCc2c(NC(=O)OC)cccc2C(F)F)c(Br)c1. The molecule has 0 spiro atoms. The smallest absolute Gasteiger partial charge is 0.411 e. The lowest BCUT2D eigenvalue weighted by Gasteiger charge is -2.16. The van der Waals surface area contributed by atoms with Crippen LogP contribution in [0, 0.1) is 0 Å². The zero-order valence-corrected chi connectivity index (χ0v) is 15.4. The number of anilines is 1. The van der Waals surface area contributed by atoms with Gasteiger partial charge in [-0.05, 0) is 46.1 Å². The number of ether oxygens (including phenoxy) is 2. The van der Waals surface area contributed by atoms with Crippen LogP contribution in [-0.4, -0.2) is 13.2 Å². The molecule has 0 aliphatic heterocycles. The van der Waals surface area contributed by atoms with E-state index in [4.69, 9.17) is 4.74 Å². The Morgan fingerprint density at radius 1 is 1.28 bits per heavy atom. The minimum Gasteiger partial charge on any atom is -0.488 e. The summed E-state index contributed by atoms with van der Waals surface area (Å²) in [4.78, 5) is 11.4. The van der Waals surface area contributed by atoms with Gasteiger partial charge in [-0.25, -0.2) is 13.6 Å². The average molecular weight is 414 g/mol. The van der Waals surface area contributed by atoms with Gasteiger partial charge in [0.2, 0.25) is 0 Å². The van der Waals surface area contributed by atoms with Crippen LogP contribution in [0.25, 0.3) is 0 Å². The zero-order valence-electron chi connectivity index (χ0n) is 13.8. The van der Waals surface area contributed by atoms with E-state index in [0.717, 1.165) is 16.5 Å². The van der Waals surface area contributed by atoms with Gasteiger partial charge in [-0.15, -0.1) is 0 Å². The number of aryl methyl sites for hydroxylation is 1. The highest BCUT2D eigenvalue weighted by atomic mass is 79.9. The molecule has 0 atom stereocenters. The summed E-state index contributed by atoms with van der Waals surface area (Å²) in [5.74, 6) is 0.533. The number of alkyl halides is 2. The summed E-state index contributed by atoms with van der Waals surface area (Å²) in [6.45, 7) is 1.91. The molecule has 0 fully saturated rings. The third kappa shape index (κ3) is 4.92. The molecule has 0 aromatic heterocycles. The lowest BCUT2D eigenvalue weighted by Crippen LogP contribution is -2.14. The first kappa shape index (κ1) is 19.2. The van der Waals surface area contributed by atoms with Crippen molar-refractivity contribution in [1.29, 1.82) is 0 Å². The van der Waals surface area contributed by atoms with Gasteiger partial charge in [0.15, 0.2) is 0 Å². The molecule has 2 rings (SSSR count). The number of hydrogen-bond acceptors (Lipinski definition) is 3. The number of nitrogens with one attached hydrogen (secondary N) is 1. The Kier molecular flexibility index (Phi) is 6.75. The van der Waals surface area contributed by atoms with Gasteiger partial charge in [0, 0.05) is 11.1 Å². The number of amides is 1. The maximum Gasteiger partial charge on any atom is 0.411 e. The van der Waals surface area contributed by atoms with Crippen LogP contribution in [-0.2, 0) is 17.8 Å². The Labute approximate surface area is 153 Å². The fourth-order valence-corrected chi connectivity index (χ4v) is 2.82. The van der Waals surface area contributed by atoms with Crippen LogP contribution >= 0.6 is 15.9 Å². The van der Waals surface area contributed by atoms with Crippen molar-refractivity contribution in [2.75, 3.05) is 12.4 Å². The molecule has 0 radical (unpaired) electrons. The summed E-state index contributed by atoms with van der Waals surface area (Å²) in [5, 5.41) is 2.44. The van der Waals surface area contributed by atoms with E-state index in [0.29, 0.717) is 5.75 Å². The molecule has 0 aliphatic carbocycles. The van der Waals surface area contributed by atoms with Crippen molar-refractivity contribution in [3.8, 4) is 5.75 Å². The van der Waals surface area contributed by atoms with Gasteiger partial charge in [0.05, 0.1) is 17.3 Å². The van der Waals surface area contributed by atoms with Crippen LogP contribution < -0.4 is 10.1 Å². The molecular formula is C18H18BrF2NO3. The predicted molar refractivity (Wildman–Crippen MR) is 95.3 cm³/mol. The van der Waals surface area contributed by atoms with Gasteiger partial charge in [-0.3, -0.25) is 5.32 Å². The first-order valence-corrected chi connectivity index (χ1v) is 8.41. The Morgan fingerprint density at radius 3 is 2.64 bits per heavy atom. The average Bonchev–Trinajstić information content (AvgIpc) is 2.60. The standard InChI is InChI=1S/C18H18BrF2NO3/c1-3-11-7-8-16(14(19)9-11)25-10-13-12(17(20)21)5-4-6-15(13)22-18(23)24-2/h4-9,17H,3,10H2,1-2H3,(H,22,23). The number of halogens is 3. The number of methoxy groups -OCH3 is 1. The second-order valence-corrected chi connectivity index (χ2v) is 6.05. The van der Waals surface area contributed by atoms with Gasteiger partial charge < -0.3 is 9.47 Å². The molecule has 2 aromatic rings. The van der Waals surface area contributed by atoms with E-state index in [1.54, 1.807) is 6.07 Å². The van der Waals surface area contributed by atoms with Crippen LogP contribution in [0.5, 0.6) is 5.75 Å². The third-order valence-electron chi connectivity index (χ3n) is 3.65. The highest BCUT2D eigenvalue weighted by Crippen LogP contribution is 2.32. The Morgan fingerprint density at radius 2 is 2.04 bits per heavy atom. The predicted octanol–water partition coefficient (Wildman–Crippen LogP) is 5.71. The zero-order chi connectivity index (χ0) is 18.4. The van der Waals surface area contributed by atoms with E-state index in [9.17, 15) is 13.6 Å². The van der Waals surface area contributed by atoms with Crippen molar-refractivity contribution in [3.05, 3.63) is 57.6 Å². The van der Waals surface area contributed by atoms with E-state index in [-0.39, 0.29) is 23.4 Å². The molecule has 1 N–H and O–H groups in total. The van der Waals surface area contributed by atoms with Crippen molar-refractivity contribution >= 4 is 27.7 Å². The van der Waals surface area contributed by atoms with Gasteiger partial charge in [0.25, 0.3) is 6.43 Å².